The first-order valence-electron chi connectivity index (χ1n) is 7.31. The van der Waals surface area contributed by atoms with E-state index >= 15 is 0 Å². The zero-order chi connectivity index (χ0) is 15.4. The Labute approximate surface area is 130 Å². The number of nitrogens with two attached hydrogens (primary N) is 1. The van der Waals surface area contributed by atoms with Gasteiger partial charge < -0.3 is 15.7 Å². The molecule has 0 radical (unpaired) electrons. The summed E-state index contributed by atoms with van der Waals surface area (Å²) in [4.78, 5) is 14.4. The lowest BCUT2D eigenvalue weighted by atomic mass is 9.91. The molecule has 21 heavy (non-hydrogen) atoms. The second-order valence-electron chi connectivity index (χ2n) is 5.66. The molecule has 0 aromatic heterocycles. The van der Waals surface area contributed by atoms with Crippen LogP contribution in [0.25, 0.3) is 0 Å². The molecular formula is C16H22N2O2S. The minimum Gasteiger partial charge on any atom is -0.391 e. The van der Waals surface area contributed by atoms with Crippen LogP contribution in [-0.2, 0) is 11.2 Å². The van der Waals surface area contributed by atoms with Crippen LogP contribution < -0.4 is 5.73 Å². The SMILES string of the molecule is CN(C(=O)Cc1ccc(C(N)=S)cc1)C1CCCCC1O. The van der Waals surface area contributed by atoms with Crippen LogP contribution in [0.15, 0.2) is 24.3 Å². The molecule has 2 atom stereocenters. The van der Waals surface area contributed by atoms with Crippen molar-refractivity contribution in [2.45, 2.75) is 44.2 Å². The molecule has 1 aromatic carbocycles. The molecule has 114 valence electrons. The molecule has 3 N–H and O–H groups in total. The van der Waals surface area contributed by atoms with E-state index in [0.29, 0.717) is 11.4 Å². The number of thiocarbonyl (C=S) groups is 1. The van der Waals surface area contributed by atoms with Crippen LogP contribution in [-0.4, -0.2) is 40.1 Å². The highest BCUT2D eigenvalue weighted by atomic mass is 32.1. The first-order chi connectivity index (χ1) is 9.99. The number of amides is 1. The molecule has 1 amide bonds. The van der Waals surface area contributed by atoms with Gasteiger partial charge in [-0.3, -0.25) is 4.79 Å². The number of rotatable bonds is 4. The third-order valence-electron chi connectivity index (χ3n) is 4.18. The maximum atomic E-state index is 12.3. The van der Waals surface area contributed by atoms with Crippen LogP contribution in [0.3, 0.4) is 0 Å². The van der Waals surface area contributed by atoms with Gasteiger partial charge in [-0.2, -0.15) is 0 Å². The second-order valence-corrected chi connectivity index (χ2v) is 6.10. The summed E-state index contributed by atoms with van der Waals surface area (Å²) in [7, 11) is 1.78. The standard InChI is InChI=1S/C16H22N2O2S/c1-18(13-4-2-3-5-14(13)19)15(20)10-11-6-8-12(9-7-11)16(17)21/h6-9,13-14,19H,2-5,10H2,1H3,(H2,17,21). The van der Waals surface area contributed by atoms with Crippen LogP contribution in [0.4, 0.5) is 0 Å². The van der Waals surface area contributed by atoms with E-state index in [1.807, 2.05) is 24.3 Å². The molecule has 5 heteroatoms. The van der Waals surface area contributed by atoms with E-state index in [9.17, 15) is 9.90 Å². The number of hydrogen-bond acceptors (Lipinski definition) is 3. The molecule has 1 aliphatic carbocycles. The van der Waals surface area contributed by atoms with E-state index in [4.69, 9.17) is 18.0 Å². The fourth-order valence-corrected chi connectivity index (χ4v) is 2.95. The van der Waals surface area contributed by atoms with Crippen molar-refractivity contribution in [2.24, 2.45) is 5.73 Å². The summed E-state index contributed by atoms with van der Waals surface area (Å²) < 4.78 is 0. The summed E-state index contributed by atoms with van der Waals surface area (Å²) in [5.74, 6) is 0.0315. The van der Waals surface area contributed by atoms with Crippen LogP contribution in [0.5, 0.6) is 0 Å². The Hall–Kier alpha value is -1.46. The van der Waals surface area contributed by atoms with Crippen molar-refractivity contribution in [1.29, 1.82) is 0 Å². The lowest BCUT2D eigenvalue weighted by Crippen LogP contribution is -2.46. The molecular weight excluding hydrogens is 284 g/mol. The number of aliphatic hydroxyl groups is 1. The lowest BCUT2D eigenvalue weighted by molar-refractivity contribution is -0.134. The fourth-order valence-electron chi connectivity index (χ4n) is 2.81. The van der Waals surface area contributed by atoms with E-state index < -0.39 is 6.10 Å². The highest BCUT2D eigenvalue weighted by Crippen LogP contribution is 2.23. The predicted octanol–water partition coefficient (Wildman–Crippen LogP) is 1.63. The Morgan fingerprint density at radius 2 is 1.95 bits per heavy atom. The molecule has 1 fully saturated rings. The van der Waals surface area contributed by atoms with Crippen LogP contribution in [0.1, 0.15) is 36.8 Å². The largest absolute Gasteiger partial charge is 0.391 e. The normalized spacial score (nSPS) is 21.8. The molecule has 4 nitrogen and oxygen atoms in total. The van der Waals surface area contributed by atoms with Crippen molar-refractivity contribution in [3.8, 4) is 0 Å². The molecule has 0 spiro atoms. The molecule has 1 saturated carbocycles. The van der Waals surface area contributed by atoms with Crippen molar-refractivity contribution in [1.82, 2.24) is 4.90 Å². The zero-order valence-corrected chi connectivity index (χ0v) is 13.1. The first-order valence-corrected chi connectivity index (χ1v) is 7.72. The van der Waals surface area contributed by atoms with Gasteiger partial charge in [0.05, 0.1) is 18.6 Å². The first kappa shape index (κ1) is 15.9. The molecule has 0 saturated heterocycles. The summed E-state index contributed by atoms with van der Waals surface area (Å²) in [6.07, 6.45) is 3.71. The number of likely N-dealkylation sites (N-methyl/N-ethyl adjacent to an activating group) is 1. The van der Waals surface area contributed by atoms with Gasteiger partial charge >= 0.3 is 0 Å². The van der Waals surface area contributed by atoms with Crippen LogP contribution in [0, 0.1) is 0 Å². The number of aliphatic hydroxyl groups excluding tert-OH is 1. The third kappa shape index (κ3) is 4.02. The smallest absolute Gasteiger partial charge is 0.227 e. The van der Waals surface area contributed by atoms with E-state index in [1.165, 1.54) is 0 Å². The Morgan fingerprint density at radius 1 is 1.33 bits per heavy atom. The van der Waals surface area contributed by atoms with E-state index in [2.05, 4.69) is 0 Å². The van der Waals surface area contributed by atoms with E-state index in [0.717, 1.165) is 36.8 Å². The summed E-state index contributed by atoms with van der Waals surface area (Å²) in [5, 5.41) is 10.0. The average Bonchev–Trinajstić information content (AvgIpc) is 2.47. The molecule has 0 bridgehead atoms. The van der Waals surface area contributed by atoms with Gasteiger partial charge in [0, 0.05) is 12.6 Å². The Bertz CT molecular complexity index is 516. The maximum absolute atomic E-state index is 12.3. The third-order valence-corrected chi connectivity index (χ3v) is 4.41. The molecule has 2 rings (SSSR count). The van der Waals surface area contributed by atoms with Gasteiger partial charge in [-0.15, -0.1) is 0 Å². The molecule has 0 heterocycles. The number of carbonyl (C=O) groups excluding carboxylic acids is 1. The summed E-state index contributed by atoms with van der Waals surface area (Å²) in [5.41, 5.74) is 7.29. The summed E-state index contributed by atoms with van der Waals surface area (Å²) >= 11 is 4.91. The number of carbonyl (C=O) groups is 1. The topological polar surface area (TPSA) is 66.6 Å². The summed E-state index contributed by atoms with van der Waals surface area (Å²) in [6, 6.07) is 7.36. The molecule has 1 aromatic rings. The Kier molecular flexibility index (Phi) is 5.31. The number of nitrogens with zero attached hydrogens (tertiary/aromatic N) is 1. The fraction of sp³-hybridized carbons (Fsp3) is 0.500. The van der Waals surface area contributed by atoms with Crippen molar-refractivity contribution in [2.75, 3.05) is 7.05 Å². The van der Waals surface area contributed by atoms with Gasteiger partial charge in [0.1, 0.15) is 4.99 Å². The Morgan fingerprint density at radius 3 is 2.52 bits per heavy atom. The lowest BCUT2D eigenvalue weighted by Gasteiger charge is -2.35. The number of benzene rings is 1. The van der Waals surface area contributed by atoms with Crippen LogP contribution in [0.2, 0.25) is 0 Å². The van der Waals surface area contributed by atoms with Crippen molar-refractivity contribution in [3.63, 3.8) is 0 Å². The highest BCUT2D eigenvalue weighted by molar-refractivity contribution is 7.80. The van der Waals surface area contributed by atoms with Gasteiger partial charge in [-0.1, -0.05) is 49.3 Å². The zero-order valence-electron chi connectivity index (χ0n) is 12.3. The van der Waals surface area contributed by atoms with Crippen molar-refractivity contribution >= 4 is 23.1 Å². The van der Waals surface area contributed by atoms with Crippen molar-refractivity contribution in [3.05, 3.63) is 35.4 Å². The van der Waals surface area contributed by atoms with E-state index in [1.54, 1.807) is 11.9 Å². The Balaban J connectivity index is 1.98. The minimum atomic E-state index is -0.398. The van der Waals surface area contributed by atoms with Crippen LogP contribution >= 0.6 is 12.2 Å². The highest BCUT2D eigenvalue weighted by Gasteiger charge is 2.29. The predicted molar refractivity (Wildman–Crippen MR) is 87.1 cm³/mol. The van der Waals surface area contributed by atoms with E-state index in [-0.39, 0.29) is 11.9 Å². The quantitative estimate of drug-likeness (QED) is 0.830. The molecule has 2 unspecified atom stereocenters. The van der Waals surface area contributed by atoms with Crippen molar-refractivity contribution < 1.29 is 9.90 Å². The summed E-state index contributed by atoms with van der Waals surface area (Å²) in [6.45, 7) is 0. The second kappa shape index (κ2) is 7.00. The monoisotopic (exact) mass is 306 g/mol. The van der Waals surface area contributed by atoms with Gasteiger partial charge in [-0.25, -0.2) is 0 Å². The van der Waals surface area contributed by atoms with Gasteiger partial charge in [-0.05, 0) is 18.4 Å². The minimum absolute atomic E-state index is 0.0315. The molecule has 0 aliphatic heterocycles. The van der Waals surface area contributed by atoms with Gasteiger partial charge in [0.2, 0.25) is 5.91 Å². The average molecular weight is 306 g/mol. The number of hydrogen-bond donors (Lipinski definition) is 2. The van der Waals surface area contributed by atoms with Gasteiger partial charge in [0.15, 0.2) is 0 Å². The maximum Gasteiger partial charge on any atom is 0.227 e. The van der Waals surface area contributed by atoms with Gasteiger partial charge in [0.25, 0.3) is 0 Å². The molecule has 1 aliphatic rings.